The van der Waals surface area contributed by atoms with Gasteiger partial charge in [-0.25, -0.2) is 0 Å². The Morgan fingerprint density at radius 3 is 2.53 bits per heavy atom. The van der Waals surface area contributed by atoms with Crippen LogP contribution < -0.4 is 0 Å². The van der Waals surface area contributed by atoms with Crippen molar-refractivity contribution in [3.05, 3.63) is 23.3 Å². The molecule has 0 aromatic carbocycles. The third-order valence-corrected chi connectivity index (χ3v) is 12.3. The fraction of sp³-hybridized carbons (Fsp3) is 0.812. The van der Waals surface area contributed by atoms with Gasteiger partial charge in [-0.2, -0.15) is 0 Å². The summed E-state index contributed by atoms with van der Waals surface area (Å²) < 4.78 is 0. The van der Waals surface area contributed by atoms with Gasteiger partial charge >= 0.3 is 0 Å². The molecule has 4 N–H and O–H groups in total. The Bertz CT molecular complexity index is 1020. The molecule has 4 saturated carbocycles. The van der Waals surface area contributed by atoms with Crippen LogP contribution >= 0.6 is 0 Å². The van der Waals surface area contributed by atoms with Gasteiger partial charge in [-0.1, -0.05) is 45.8 Å². The maximum Gasteiger partial charge on any atom is 0.159 e. The number of allylic oxidation sites excluding steroid dienone is 2. The third-order valence-electron chi connectivity index (χ3n) is 12.3. The number of aldehydes is 1. The molecule has 38 heavy (non-hydrogen) atoms. The minimum absolute atomic E-state index is 0.00877. The zero-order valence-corrected chi connectivity index (χ0v) is 23.6. The average molecular weight is 529 g/mol. The predicted molar refractivity (Wildman–Crippen MR) is 145 cm³/mol. The molecule has 0 radical (unpaired) electrons. The molecule has 6 heteroatoms. The van der Waals surface area contributed by atoms with Gasteiger partial charge in [-0.3, -0.25) is 4.79 Å². The summed E-state index contributed by atoms with van der Waals surface area (Å²) in [4.78, 5) is 24.5. The topological polar surface area (TPSA) is 115 Å². The number of carbonyl (C=O) groups excluding carboxylic acids is 2. The van der Waals surface area contributed by atoms with Crippen LogP contribution in [0.15, 0.2) is 23.3 Å². The Balaban J connectivity index is 1.50. The molecule has 5 aliphatic rings. The second kappa shape index (κ2) is 9.94. The van der Waals surface area contributed by atoms with Crippen LogP contribution in [0.2, 0.25) is 0 Å². The second-order valence-corrected chi connectivity index (χ2v) is 14.1. The van der Waals surface area contributed by atoms with Gasteiger partial charge in [0.25, 0.3) is 0 Å². The van der Waals surface area contributed by atoms with Crippen LogP contribution in [0.5, 0.6) is 0 Å². The molecule has 5 aliphatic carbocycles. The summed E-state index contributed by atoms with van der Waals surface area (Å²) in [7, 11) is 0. The van der Waals surface area contributed by atoms with Crippen LogP contribution in [0.1, 0.15) is 91.9 Å². The van der Waals surface area contributed by atoms with Gasteiger partial charge in [0, 0.05) is 17.8 Å². The summed E-state index contributed by atoms with van der Waals surface area (Å²) in [6.07, 6.45) is 9.09. The predicted octanol–water partition coefficient (Wildman–Crippen LogP) is 4.14. The van der Waals surface area contributed by atoms with Crippen LogP contribution in [0, 0.1) is 46.3 Å². The lowest BCUT2D eigenvalue weighted by molar-refractivity contribution is -0.166. The summed E-state index contributed by atoms with van der Waals surface area (Å²) in [5.41, 5.74) is -0.0412. The standard InChI is InChI=1S/C32H48O6/c1-18(2)19(7-6-12-33)13-26(34)21-9-5-8-20-14-23-24(32(38)11-10-22(21)31(20,32)4)15-27(35)25-16-28(36)29(37)17-30(23,25)3/h7,12,15,18,20-23,25-26,28-29,34,36-38H,5-6,8-11,13-14,16-17H2,1-4H3/b19-7-/t20-,21-,22+,23-,25-,26+,28+,29-,30+,31+,32+/m0/s1. The quantitative estimate of drug-likeness (QED) is 0.304. The lowest BCUT2D eigenvalue weighted by Gasteiger charge is -2.62. The highest BCUT2D eigenvalue weighted by molar-refractivity contribution is 5.95. The number of ketones is 1. The lowest BCUT2D eigenvalue weighted by atomic mass is 9.43. The zero-order valence-electron chi connectivity index (χ0n) is 23.6. The first-order valence-corrected chi connectivity index (χ1v) is 15.0. The van der Waals surface area contributed by atoms with Crippen molar-refractivity contribution in [3.63, 3.8) is 0 Å². The van der Waals surface area contributed by atoms with E-state index >= 15 is 0 Å². The Morgan fingerprint density at radius 2 is 1.84 bits per heavy atom. The van der Waals surface area contributed by atoms with Crippen molar-refractivity contribution < 1.29 is 30.0 Å². The molecule has 11 atom stereocenters. The van der Waals surface area contributed by atoms with Crippen molar-refractivity contribution in [1.29, 1.82) is 0 Å². The number of hydrogen-bond donors (Lipinski definition) is 4. The molecule has 0 heterocycles. The van der Waals surface area contributed by atoms with Gasteiger partial charge in [0.15, 0.2) is 5.78 Å². The van der Waals surface area contributed by atoms with Crippen LogP contribution in [0.3, 0.4) is 0 Å². The van der Waals surface area contributed by atoms with E-state index in [2.05, 4.69) is 27.7 Å². The summed E-state index contributed by atoms with van der Waals surface area (Å²) in [6.45, 7) is 8.53. The molecule has 0 aromatic heterocycles. The number of rotatable bonds is 6. The van der Waals surface area contributed by atoms with E-state index < -0.39 is 34.7 Å². The van der Waals surface area contributed by atoms with Crippen LogP contribution in [-0.2, 0) is 9.59 Å². The van der Waals surface area contributed by atoms with Crippen molar-refractivity contribution in [3.8, 4) is 0 Å². The van der Waals surface area contributed by atoms with E-state index in [1.54, 1.807) is 6.08 Å². The van der Waals surface area contributed by atoms with Crippen LogP contribution in [0.25, 0.3) is 0 Å². The molecule has 0 aliphatic heterocycles. The Morgan fingerprint density at radius 1 is 1.11 bits per heavy atom. The van der Waals surface area contributed by atoms with Crippen LogP contribution in [0.4, 0.5) is 0 Å². The normalized spacial score (nSPS) is 47.5. The van der Waals surface area contributed by atoms with Gasteiger partial charge in [-0.15, -0.1) is 0 Å². The van der Waals surface area contributed by atoms with Gasteiger partial charge in [0.1, 0.15) is 6.29 Å². The first kappa shape index (κ1) is 28.2. The summed E-state index contributed by atoms with van der Waals surface area (Å²) in [5.74, 6) is 0.396. The van der Waals surface area contributed by atoms with E-state index in [0.717, 1.165) is 49.5 Å². The van der Waals surface area contributed by atoms with E-state index in [4.69, 9.17) is 0 Å². The number of carbonyl (C=O) groups is 2. The van der Waals surface area contributed by atoms with Crippen molar-refractivity contribution in [2.24, 2.45) is 46.3 Å². The Kier molecular flexibility index (Phi) is 7.37. The van der Waals surface area contributed by atoms with Crippen LogP contribution in [-0.4, -0.2) is 56.4 Å². The van der Waals surface area contributed by atoms with E-state index in [-0.39, 0.29) is 47.7 Å². The molecule has 212 valence electrons. The molecule has 4 fully saturated rings. The van der Waals surface area contributed by atoms with Crippen molar-refractivity contribution in [2.45, 2.75) is 116 Å². The largest absolute Gasteiger partial charge is 0.392 e. The van der Waals surface area contributed by atoms with E-state index in [9.17, 15) is 30.0 Å². The fourth-order valence-electron chi connectivity index (χ4n) is 10.1. The molecule has 0 unspecified atom stereocenters. The van der Waals surface area contributed by atoms with E-state index in [1.807, 2.05) is 6.08 Å². The van der Waals surface area contributed by atoms with Gasteiger partial charge in [0.2, 0.25) is 0 Å². The fourth-order valence-corrected chi connectivity index (χ4v) is 10.1. The van der Waals surface area contributed by atoms with E-state index in [0.29, 0.717) is 25.7 Å². The van der Waals surface area contributed by atoms with Gasteiger partial charge in [0.05, 0.1) is 23.9 Å². The smallest absolute Gasteiger partial charge is 0.159 e. The zero-order chi connectivity index (χ0) is 27.6. The van der Waals surface area contributed by atoms with Crippen molar-refractivity contribution >= 4 is 12.1 Å². The Labute approximate surface area is 227 Å². The molecule has 6 nitrogen and oxygen atoms in total. The first-order chi connectivity index (χ1) is 17.9. The van der Waals surface area contributed by atoms with Gasteiger partial charge < -0.3 is 25.2 Å². The molecule has 0 bridgehead atoms. The molecule has 0 amide bonds. The van der Waals surface area contributed by atoms with Crippen molar-refractivity contribution in [1.82, 2.24) is 0 Å². The molecular weight excluding hydrogens is 480 g/mol. The number of aliphatic hydroxyl groups excluding tert-OH is 3. The minimum atomic E-state index is -1.10. The van der Waals surface area contributed by atoms with Gasteiger partial charge in [-0.05, 0) is 98.0 Å². The highest BCUT2D eigenvalue weighted by Gasteiger charge is 2.70. The number of hydrogen-bond acceptors (Lipinski definition) is 6. The highest BCUT2D eigenvalue weighted by atomic mass is 16.3. The summed E-state index contributed by atoms with van der Waals surface area (Å²) in [6, 6.07) is 0. The molecule has 0 aromatic rings. The highest BCUT2D eigenvalue weighted by Crippen LogP contribution is 2.71. The Hall–Kier alpha value is -1.34. The molecular formula is C32H48O6. The number of aliphatic hydroxyl groups is 4. The SMILES string of the molecule is CC(C)/C(=C\CC=O)C[C@@H](O)[C@H]1CCC[C@H]2C[C@H]3C(=CC(=O)[C@@H]4C[C@@H](O)[C@@H](O)C[C@@]43C)[C@]3(O)CC[C@H]1[C@@]23C. The molecule has 5 rings (SSSR count). The monoisotopic (exact) mass is 528 g/mol. The maximum atomic E-state index is 13.5. The van der Waals surface area contributed by atoms with E-state index in [1.165, 1.54) is 0 Å². The lowest BCUT2D eigenvalue weighted by Crippen LogP contribution is -2.63. The minimum Gasteiger partial charge on any atom is -0.392 e. The molecule has 0 saturated heterocycles. The first-order valence-electron chi connectivity index (χ1n) is 15.0. The summed E-state index contributed by atoms with van der Waals surface area (Å²) >= 11 is 0. The maximum absolute atomic E-state index is 13.5. The van der Waals surface area contributed by atoms with Crippen molar-refractivity contribution in [2.75, 3.05) is 0 Å². The number of fused-ring (bicyclic) bond motifs is 4. The second-order valence-electron chi connectivity index (χ2n) is 14.1. The average Bonchev–Trinajstić information content (AvgIpc) is 3.04. The molecule has 0 spiro atoms. The summed E-state index contributed by atoms with van der Waals surface area (Å²) in [5, 5.41) is 45.3. The third kappa shape index (κ3) is 4.03.